The number of pyridine rings is 1. The molecule has 0 bridgehead atoms. The summed E-state index contributed by atoms with van der Waals surface area (Å²) < 4.78 is 5.98. The van der Waals surface area contributed by atoms with Crippen LogP contribution in [-0.4, -0.2) is 10.9 Å². The van der Waals surface area contributed by atoms with Crippen molar-refractivity contribution >= 4 is 21.8 Å². The van der Waals surface area contributed by atoms with Gasteiger partial charge in [-0.1, -0.05) is 22.0 Å². The van der Waals surface area contributed by atoms with Crippen LogP contribution < -0.4 is 5.32 Å². The molecule has 0 aliphatic heterocycles. The van der Waals surface area contributed by atoms with E-state index in [9.17, 15) is 4.79 Å². The molecule has 2 aromatic heterocycles. The smallest absolute Gasteiger partial charge is 0.251 e. The highest BCUT2D eigenvalue weighted by atomic mass is 79.9. The van der Waals surface area contributed by atoms with Gasteiger partial charge in [0.2, 0.25) is 0 Å². The highest BCUT2D eigenvalue weighted by Crippen LogP contribution is 2.17. The van der Waals surface area contributed by atoms with Crippen LogP contribution in [0.1, 0.15) is 15.9 Å². The van der Waals surface area contributed by atoms with E-state index >= 15 is 0 Å². The molecule has 110 valence electrons. The number of furan rings is 1. The molecule has 0 radical (unpaired) electrons. The predicted octanol–water partition coefficient (Wildman–Crippen LogP) is 4.03. The van der Waals surface area contributed by atoms with Gasteiger partial charge in [0, 0.05) is 28.3 Å². The Labute approximate surface area is 136 Å². The molecule has 0 saturated heterocycles. The zero-order chi connectivity index (χ0) is 15.4. The summed E-state index contributed by atoms with van der Waals surface area (Å²) in [4.78, 5) is 16.4. The summed E-state index contributed by atoms with van der Waals surface area (Å²) in [6, 6.07) is 13.0. The average molecular weight is 357 g/mol. The SMILES string of the molecule is O=C(NCc1ccc(-c2ccoc2)nc1)c1ccc(Br)cc1. The minimum atomic E-state index is -0.105. The molecule has 4 nitrogen and oxygen atoms in total. The van der Waals surface area contributed by atoms with Crippen molar-refractivity contribution in [3.8, 4) is 11.3 Å². The van der Waals surface area contributed by atoms with Gasteiger partial charge >= 0.3 is 0 Å². The van der Waals surface area contributed by atoms with Crippen LogP contribution in [0.15, 0.2) is 70.1 Å². The number of aromatic nitrogens is 1. The van der Waals surface area contributed by atoms with Gasteiger partial charge in [-0.15, -0.1) is 0 Å². The molecule has 1 aromatic carbocycles. The van der Waals surface area contributed by atoms with Crippen molar-refractivity contribution in [2.75, 3.05) is 0 Å². The Morgan fingerprint density at radius 2 is 1.95 bits per heavy atom. The van der Waals surface area contributed by atoms with Crippen molar-refractivity contribution in [3.05, 3.63) is 76.8 Å². The standard InChI is InChI=1S/C17H13BrN2O2/c18-15-4-2-13(3-5-15)17(21)20-10-12-1-6-16(19-9-12)14-7-8-22-11-14/h1-9,11H,10H2,(H,20,21). The van der Waals surface area contributed by atoms with Crippen LogP contribution in [-0.2, 0) is 6.54 Å². The fraction of sp³-hybridized carbons (Fsp3) is 0.0588. The maximum Gasteiger partial charge on any atom is 0.251 e. The maximum absolute atomic E-state index is 12.0. The molecule has 0 unspecified atom stereocenters. The van der Waals surface area contributed by atoms with E-state index in [-0.39, 0.29) is 5.91 Å². The summed E-state index contributed by atoms with van der Waals surface area (Å²) in [6.07, 6.45) is 5.02. The molecular weight excluding hydrogens is 344 g/mol. The number of hydrogen-bond acceptors (Lipinski definition) is 3. The molecule has 0 aliphatic rings. The summed E-state index contributed by atoms with van der Waals surface area (Å²) in [7, 11) is 0. The molecule has 0 fully saturated rings. The van der Waals surface area contributed by atoms with E-state index in [2.05, 4.69) is 26.2 Å². The molecule has 3 rings (SSSR count). The number of hydrogen-bond donors (Lipinski definition) is 1. The zero-order valence-corrected chi connectivity index (χ0v) is 13.2. The third kappa shape index (κ3) is 3.43. The van der Waals surface area contributed by atoms with E-state index in [4.69, 9.17) is 4.42 Å². The lowest BCUT2D eigenvalue weighted by Gasteiger charge is -2.06. The van der Waals surface area contributed by atoms with Gasteiger partial charge in [-0.05, 0) is 42.0 Å². The van der Waals surface area contributed by atoms with Crippen molar-refractivity contribution in [2.24, 2.45) is 0 Å². The number of carbonyl (C=O) groups excluding carboxylic acids is 1. The first-order valence-electron chi connectivity index (χ1n) is 6.73. The van der Waals surface area contributed by atoms with Gasteiger partial charge in [0.1, 0.15) is 0 Å². The number of halogens is 1. The van der Waals surface area contributed by atoms with Crippen molar-refractivity contribution in [3.63, 3.8) is 0 Å². The normalized spacial score (nSPS) is 10.4. The van der Waals surface area contributed by atoms with E-state index in [1.165, 1.54) is 0 Å². The molecule has 0 spiro atoms. The lowest BCUT2D eigenvalue weighted by atomic mass is 10.2. The maximum atomic E-state index is 12.0. The molecule has 0 aliphatic carbocycles. The largest absolute Gasteiger partial charge is 0.472 e. The lowest BCUT2D eigenvalue weighted by molar-refractivity contribution is 0.0951. The second-order valence-corrected chi connectivity index (χ2v) is 5.67. The molecule has 3 aromatic rings. The Morgan fingerprint density at radius 3 is 2.59 bits per heavy atom. The number of amides is 1. The summed E-state index contributed by atoms with van der Waals surface area (Å²) in [5, 5.41) is 2.88. The van der Waals surface area contributed by atoms with Crippen molar-refractivity contribution in [1.82, 2.24) is 10.3 Å². The fourth-order valence-electron chi connectivity index (χ4n) is 2.00. The third-order valence-electron chi connectivity index (χ3n) is 3.20. The third-order valence-corrected chi connectivity index (χ3v) is 3.73. The minimum Gasteiger partial charge on any atom is -0.472 e. The van der Waals surface area contributed by atoms with Gasteiger partial charge in [0.15, 0.2) is 0 Å². The number of benzene rings is 1. The van der Waals surface area contributed by atoms with Crippen molar-refractivity contribution in [2.45, 2.75) is 6.54 Å². The van der Waals surface area contributed by atoms with Crippen LogP contribution in [0.4, 0.5) is 0 Å². The molecule has 2 heterocycles. The minimum absolute atomic E-state index is 0.105. The Balaban J connectivity index is 1.61. The first-order chi connectivity index (χ1) is 10.7. The summed E-state index contributed by atoms with van der Waals surface area (Å²) in [5.41, 5.74) is 3.35. The second kappa shape index (κ2) is 6.58. The van der Waals surface area contributed by atoms with Crippen LogP contribution in [0.5, 0.6) is 0 Å². The lowest BCUT2D eigenvalue weighted by Crippen LogP contribution is -2.22. The number of carbonyl (C=O) groups is 1. The van der Waals surface area contributed by atoms with E-state index in [1.54, 1.807) is 30.9 Å². The second-order valence-electron chi connectivity index (χ2n) is 4.75. The van der Waals surface area contributed by atoms with Crippen LogP contribution in [0.3, 0.4) is 0 Å². The van der Waals surface area contributed by atoms with Crippen LogP contribution in [0, 0.1) is 0 Å². The molecular formula is C17H13BrN2O2. The summed E-state index contributed by atoms with van der Waals surface area (Å²) >= 11 is 3.35. The Bertz CT molecular complexity index is 750. The molecule has 0 atom stereocenters. The fourth-order valence-corrected chi connectivity index (χ4v) is 2.26. The van der Waals surface area contributed by atoms with Gasteiger partial charge in [0.05, 0.1) is 18.2 Å². The topological polar surface area (TPSA) is 55.1 Å². The Hall–Kier alpha value is -2.40. The quantitative estimate of drug-likeness (QED) is 0.767. The number of rotatable bonds is 4. The first kappa shape index (κ1) is 14.5. The number of nitrogens with zero attached hydrogens (tertiary/aromatic N) is 1. The number of nitrogens with one attached hydrogen (secondary N) is 1. The van der Waals surface area contributed by atoms with Gasteiger partial charge in [-0.3, -0.25) is 9.78 Å². The van der Waals surface area contributed by atoms with Gasteiger partial charge in [0.25, 0.3) is 5.91 Å². The highest BCUT2D eigenvalue weighted by molar-refractivity contribution is 9.10. The first-order valence-corrected chi connectivity index (χ1v) is 7.53. The van der Waals surface area contributed by atoms with Crippen LogP contribution in [0.2, 0.25) is 0 Å². The van der Waals surface area contributed by atoms with E-state index in [1.807, 2.05) is 30.3 Å². The van der Waals surface area contributed by atoms with Crippen LogP contribution >= 0.6 is 15.9 Å². The Kier molecular flexibility index (Phi) is 4.34. The van der Waals surface area contributed by atoms with Gasteiger partial charge in [-0.2, -0.15) is 0 Å². The van der Waals surface area contributed by atoms with E-state index in [0.717, 1.165) is 21.3 Å². The van der Waals surface area contributed by atoms with Crippen LogP contribution in [0.25, 0.3) is 11.3 Å². The zero-order valence-electron chi connectivity index (χ0n) is 11.6. The summed E-state index contributed by atoms with van der Waals surface area (Å²) in [5.74, 6) is -0.105. The molecule has 1 amide bonds. The predicted molar refractivity (Wildman–Crippen MR) is 87.3 cm³/mol. The van der Waals surface area contributed by atoms with E-state index < -0.39 is 0 Å². The molecule has 0 saturated carbocycles. The van der Waals surface area contributed by atoms with Gasteiger partial charge < -0.3 is 9.73 Å². The average Bonchev–Trinajstić information content (AvgIpc) is 3.08. The van der Waals surface area contributed by atoms with E-state index in [0.29, 0.717) is 12.1 Å². The molecule has 1 N–H and O–H groups in total. The monoisotopic (exact) mass is 356 g/mol. The van der Waals surface area contributed by atoms with Gasteiger partial charge in [-0.25, -0.2) is 0 Å². The Morgan fingerprint density at radius 1 is 1.14 bits per heavy atom. The highest BCUT2D eigenvalue weighted by Gasteiger charge is 2.06. The van der Waals surface area contributed by atoms with Crippen molar-refractivity contribution in [1.29, 1.82) is 0 Å². The molecule has 22 heavy (non-hydrogen) atoms. The summed E-state index contributed by atoms with van der Waals surface area (Å²) in [6.45, 7) is 0.438. The van der Waals surface area contributed by atoms with Crippen molar-refractivity contribution < 1.29 is 9.21 Å². The molecule has 5 heteroatoms.